The van der Waals surface area contributed by atoms with Crippen molar-refractivity contribution in [3.63, 3.8) is 0 Å². The molecule has 0 heterocycles. The largest absolute Gasteiger partial charge is 0.462 e. The molecular weight excluding hydrogens is 572 g/mol. The molecule has 45 heavy (non-hydrogen) atoms. The standard InChI is InChI=1S/C37H44O8/c1-6-7-8-9-10-11-12-13-14-15-16-17-18-31(40)44-24-34(5)32-29-20-28(23-38)22-35(42)30(19-25(2)33(35)41)37(29,43)26(3)21-36(32,34)45-27(4)39/h6-20,26,29-30,32,38,42-43H,1,21-24H2,2-5H3. The third-order valence-electron chi connectivity index (χ3n) is 9.98. The van der Waals surface area contributed by atoms with Gasteiger partial charge in [0.2, 0.25) is 0 Å². The van der Waals surface area contributed by atoms with Gasteiger partial charge in [0.05, 0.1) is 12.2 Å². The van der Waals surface area contributed by atoms with Gasteiger partial charge in [-0.25, -0.2) is 4.79 Å². The lowest BCUT2D eigenvalue weighted by molar-refractivity contribution is -0.186. The summed E-state index contributed by atoms with van der Waals surface area (Å²) < 4.78 is 11.7. The van der Waals surface area contributed by atoms with Crippen LogP contribution in [-0.4, -0.2) is 63.1 Å². The van der Waals surface area contributed by atoms with Gasteiger partial charge in [-0.1, -0.05) is 105 Å². The zero-order chi connectivity index (χ0) is 33.0. The monoisotopic (exact) mass is 616 g/mol. The summed E-state index contributed by atoms with van der Waals surface area (Å²) in [4.78, 5) is 38.2. The molecule has 8 nitrogen and oxygen atoms in total. The van der Waals surface area contributed by atoms with E-state index in [9.17, 15) is 29.7 Å². The number of aliphatic hydroxyl groups excluding tert-OH is 1. The van der Waals surface area contributed by atoms with Crippen LogP contribution in [-0.2, 0) is 23.9 Å². The molecule has 0 saturated heterocycles. The number of carbonyl (C=O) groups excluding carboxylic acids is 3. The number of hydrogen-bond donors (Lipinski definition) is 3. The van der Waals surface area contributed by atoms with Crippen molar-refractivity contribution in [2.75, 3.05) is 13.2 Å². The zero-order valence-corrected chi connectivity index (χ0v) is 26.4. The molecule has 8 unspecified atom stereocenters. The van der Waals surface area contributed by atoms with Gasteiger partial charge >= 0.3 is 11.9 Å². The maximum Gasteiger partial charge on any atom is 0.330 e. The lowest BCUT2D eigenvalue weighted by Gasteiger charge is -2.50. The number of aliphatic hydroxyl groups is 3. The van der Waals surface area contributed by atoms with E-state index in [0.717, 1.165) is 0 Å². The van der Waals surface area contributed by atoms with Crippen LogP contribution in [0.1, 0.15) is 40.5 Å². The van der Waals surface area contributed by atoms with E-state index >= 15 is 0 Å². The third kappa shape index (κ3) is 6.07. The summed E-state index contributed by atoms with van der Waals surface area (Å²) in [6.07, 6.45) is 26.4. The summed E-state index contributed by atoms with van der Waals surface area (Å²) in [6, 6.07) is 0. The van der Waals surface area contributed by atoms with Gasteiger partial charge in [-0.2, -0.15) is 0 Å². The Kier molecular flexibility index (Phi) is 10.0. The minimum atomic E-state index is -1.89. The van der Waals surface area contributed by atoms with Crippen LogP contribution in [0.15, 0.2) is 109 Å². The van der Waals surface area contributed by atoms with Crippen LogP contribution in [0.2, 0.25) is 0 Å². The number of ether oxygens (including phenoxy) is 2. The van der Waals surface area contributed by atoms with Crippen LogP contribution >= 0.6 is 0 Å². The molecule has 0 aromatic heterocycles. The molecule has 8 heteroatoms. The Labute approximate surface area is 265 Å². The fourth-order valence-electron chi connectivity index (χ4n) is 7.94. The number of fused-ring (bicyclic) bond motifs is 5. The van der Waals surface area contributed by atoms with Gasteiger partial charge in [-0.15, -0.1) is 0 Å². The second kappa shape index (κ2) is 13.3. The summed E-state index contributed by atoms with van der Waals surface area (Å²) >= 11 is 0. The average molecular weight is 617 g/mol. The van der Waals surface area contributed by atoms with Crippen molar-refractivity contribution < 1.29 is 39.2 Å². The number of carbonyl (C=O) groups is 3. The van der Waals surface area contributed by atoms with Crippen molar-refractivity contribution >= 4 is 17.7 Å². The number of Topliss-reactive ketones (excluding diaryl/α,β-unsaturated/α-hetero) is 1. The van der Waals surface area contributed by atoms with E-state index in [1.54, 1.807) is 43.4 Å². The second-order valence-electron chi connectivity index (χ2n) is 12.8. The summed E-state index contributed by atoms with van der Waals surface area (Å²) in [7, 11) is 0. The number of hydrogen-bond acceptors (Lipinski definition) is 8. The molecule has 0 aliphatic heterocycles. The van der Waals surface area contributed by atoms with Crippen molar-refractivity contribution in [3.05, 3.63) is 109 Å². The Hall–Kier alpha value is -3.85. The molecule has 0 amide bonds. The van der Waals surface area contributed by atoms with Crippen molar-refractivity contribution in [3.8, 4) is 0 Å². The first-order chi connectivity index (χ1) is 21.3. The Balaban J connectivity index is 1.51. The first kappa shape index (κ1) is 34.0. The molecule has 0 aromatic carbocycles. The van der Waals surface area contributed by atoms with E-state index in [1.807, 2.05) is 62.5 Å². The molecule has 0 bridgehead atoms. The van der Waals surface area contributed by atoms with Gasteiger partial charge < -0.3 is 24.8 Å². The van der Waals surface area contributed by atoms with Gasteiger partial charge in [0.15, 0.2) is 5.78 Å². The third-order valence-corrected chi connectivity index (χ3v) is 9.98. The van der Waals surface area contributed by atoms with Crippen molar-refractivity contribution in [2.45, 2.75) is 57.3 Å². The van der Waals surface area contributed by atoms with E-state index in [0.29, 0.717) is 11.1 Å². The fourth-order valence-corrected chi connectivity index (χ4v) is 7.94. The maximum atomic E-state index is 13.1. The predicted molar refractivity (Wildman–Crippen MR) is 171 cm³/mol. The Morgan fingerprint density at radius 2 is 1.58 bits per heavy atom. The molecule has 0 spiro atoms. The van der Waals surface area contributed by atoms with Crippen LogP contribution in [0, 0.1) is 29.1 Å². The van der Waals surface area contributed by atoms with Gasteiger partial charge in [-0.05, 0) is 30.4 Å². The van der Waals surface area contributed by atoms with E-state index in [1.165, 1.54) is 13.0 Å². The summed E-state index contributed by atoms with van der Waals surface area (Å²) in [5.74, 6) is -4.16. The Morgan fingerprint density at radius 1 is 1.00 bits per heavy atom. The van der Waals surface area contributed by atoms with E-state index in [2.05, 4.69) is 6.58 Å². The number of allylic oxidation sites excluding steroid dienone is 12. The summed E-state index contributed by atoms with van der Waals surface area (Å²) in [6.45, 7) is 9.74. The Morgan fingerprint density at radius 3 is 2.13 bits per heavy atom. The summed E-state index contributed by atoms with van der Waals surface area (Å²) in [5.41, 5.74) is -4.60. The molecule has 0 radical (unpaired) electrons. The molecule has 4 aliphatic carbocycles. The van der Waals surface area contributed by atoms with Crippen molar-refractivity contribution in [1.82, 2.24) is 0 Å². The first-order valence-corrected chi connectivity index (χ1v) is 15.3. The summed E-state index contributed by atoms with van der Waals surface area (Å²) in [5, 5.41) is 34.4. The van der Waals surface area contributed by atoms with Crippen molar-refractivity contribution in [1.29, 1.82) is 0 Å². The number of ketones is 1. The highest BCUT2D eigenvalue weighted by molar-refractivity contribution is 6.04. The molecule has 2 fully saturated rings. The molecule has 240 valence electrons. The Bertz CT molecular complexity index is 1460. The quantitative estimate of drug-likeness (QED) is 0.133. The predicted octanol–water partition coefficient (Wildman–Crippen LogP) is 4.58. The minimum absolute atomic E-state index is 0.0810. The normalized spacial score (nSPS) is 37.6. The molecule has 2 saturated carbocycles. The van der Waals surface area contributed by atoms with Crippen LogP contribution in [0.4, 0.5) is 0 Å². The molecule has 3 N–H and O–H groups in total. The molecule has 4 rings (SSSR count). The smallest absolute Gasteiger partial charge is 0.330 e. The van der Waals surface area contributed by atoms with Gasteiger partial charge in [-0.3, -0.25) is 9.59 Å². The van der Waals surface area contributed by atoms with Gasteiger partial charge in [0.1, 0.15) is 17.8 Å². The SMILES string of the molecule is C=CC=CC=CC=CC=CC=CC=CC(=O)OCC1(C)C2C3C=C(CO)CC4(O)C(=O)C(C)=CC4C3(O)C(C)CC21OC(C)=O. The second-order valence-corrected chi connectivity index (χ2v) is 12.8. The molecular formula is C37H44O8. The van der Waals surface area contributed by atoms with Crippen LogP contribution in [0.3, 0.4) is 0 Å². The number of esters is 2. The van der Waals surface area contributed by atoms with Gasteiger partial charge in [0, 0.05) is 42.6 Å². The topological polar surface area (TPSA) is 130 Å². The lowest BCUT2D eigenvalue weighted by Crippen LogP contribution is -2.61. The van der Waals surface area contributed by atoms with Crippen LogP contribution < -0.4 is 0 Å². The zero-order valence-electron chi connectivity index (χ0n) is 26.4. The highest BCUT2D eigenvalue weighted by Crippen LogP contribution is 2.76. The highest BCUT2D eigenvalue weighted by atomic mass is 16.6. The van der Waals surface area contributed by atoms with Crippen molar-refractivity contribution in [2.24, 2.45) is 29.1 Å². The number of rotatable bonds is 11. The van der Waals surface area contributed by atoms with Crippen LogP contribution in [0.5, 0.6) is 0 Å². The van der Waals surface area contributed by atoms with Crippen LogP contribution in [0.25, 0.3) is 0 Å². The fraction of sp³-hybridized carbons (Fsp3) is 0.432. The lowest BCUT2D eigenvalue weighted by atomic mass is 9.60. The molecule has 8 atom stereocenters. The maximum absolute atomic E-state index is 13.1. The molecule has 0 aromatic rings. The highest BCUT2D eigenvalue weighted by Gasteiger charge is 2.85. The average Bonchev–Trinajstić information content (AvgIpc) is 3.43. The van der Waals surface area contributed by atoms with E-state index < -0.39 is 70.2 Å². The minimum Gasteiger partial charge on any atom is -0.462 e. The van der Waals surface area contributed by atoms with Gasteiger partial charge in [0.25, 0.3) is 0 Å². The van der Waals surface area contributed by atoms with E-state index in [4.69, 9.17) is 9.47 Å². The first-order valence-electron chi connectivity index (χ1n) is 15.3. The molecule has 4 aliphatic rings. The van der Waals surface area contributed by atoms with E-state index in [-0.39, 0.29) is 19.4 Å².